The van der Waals surface area contributed by atoms with E-state index in [2.05, 4.69) is 10.1 Å². The number of alkyl halides is 3. The third kappa shape index (κ3) is 3.95. The molecule has 0 radical (unpaired) electrons. The lowest BCUT2D eigenvalue weighted by Gasteiger charge is -2.42. The normalized spacial score (nSPS) is 20.4. The number of nitrogens with zero attached hydrogens (tertiary/aromatic N) is 5. The number of rotatable bonds is 2. The summed E-state index contributed by atoms with van der Waals surface area (Å²) in [7, 11) is 0. The van der Waals surface area contributed by atoms with Crippen molar-refractivity contribution in [2.45, 2.75) is 51.2 Å². The molecule has 1 saturated heterocycles. The van der Waals surface area contributed by atoms with Crippen molar-refractivity contribution in [3.05, 3.63) is 62.8 Å². The van der Waals surface area contributed by atoms with Gasteiger partial charge < -0.3 is 9.47 Å². The van der Waals surface area contributed by atoms with Gasteiger partial charge >= 0.3 is 6.18 Å². The molecule has 2 aliphatic rings. The van der Waals surface area contributed by atoms with E-state index in [0.717, 1.165) is 34.2 Å². The molecule has 0 N–H and O–H groups in total. The summed E-state index contributed by atoms with van der Waals surface area (Å²) in [5.41, 5.74) is -0.218. The summed E-state index contributed by atoms with van der Waals surface area (Å²) in [6, 6.07) is 6.23. The first-order valence-electron chi connectivity index (χ1n) is 11.0. The van der Waals surface area contributed by atoms with Gasteiger partial charge in [-0.2, -0.15) is 18.3 Å². The predicted molar refractivity (Wildman–Crippen MR) is 120 cm³/mol. The van der Waals surface area contributed by atoms with Gasteiger partial charge in [0.15, 0.2) is 5.69 Å². The number of hydrogen-bond acceptors (Lipinski definition) is 5. The Bertz CT molecular complexity index is 1320. The third-order valence-electron chi connectivity index (χ3n) is 6.43. The van der Waals surface area contributed by atoms with Crippen LogP contribution in [0.2, 0.25) is 0 Å². The smallest absolute Gasteiger partial charge is 0.336 e. The van der Waals surface area contributed by atoms with Crippen molar-refractivity contribution in [2.75, 3.05) is 13.1 Å². The number of pyridine rings is 1. The molecule has 0 aromatic carbocycles. The Labute approximate surface area is 197 Å². The van der Waals surface area contributed by atoms with E-state index in [0.29, 0.717) is 25.3 Å². The zero-order chi connectivity index (χ0) is 24.4. The van der Waals surface area contributed by atoms with Crippen LogP contribution in [0.5, 0.6) is 0 Å². The summed E-state index contributed by atoms with van der Waals surface area (Å²) < 4.78 is 43.6. The molecule has 5 heterocycles. The highest BCUT2D eigenvalue weighted by atomic mass is 32.1. The SMILES string of the molecule is CC(C)(C)c1cc(C(F)(F)F)n(-c2nc(C(=O)N3C[C@@H]4C[C@@H](C3)c3cccc(=O)n3C4)cs2)n1. The van der Waals surface area contributed by atoms with Crippen molar-refractivity contribution >= 4 is 17.2 Å². The highest BCUT2D eigenvalue weighted by Gasteiger charge is 2.39. The van der Waals surface area contributed by atoms with E-state index in [4.69, 9.17) is 0 Å². The highest BCUT2D eigenvalue weighted by molar-refractivity contribution is 7.12. The van der Waals surface area contributed by atoms with Crippen LogP contribution in [0.25, 0.3) is 5.13 Å². The molecule has 180 valence electrons. The van der Waals surface area contributed by atoms with Gasteiger partial charge in [-0.15, -0.1) is 11.3 Å². The zero-order valence-corrected chi connectivity index (χ0v) is 19.8. The Hall–Kier alpha value is -2.95. The van der Waals surface area contributed by atoms with E-state index in [1.54, 1.807) is 42.4 Å². The fourth-order valence-electron chi connectivity index (χ4n) is 4.78. The minimum atomic E-state index is -4.61. The minimum Gasteiger partial charge on any atom is -0.336 e. The first-order valence-corrected chi connectivity index (χ1v) is 11.9. The Morgan fingerprint density at radius 1 is 1.15 bits per heavy atom. The van der Waals surface area contributed by atoms with E-state index in [1.165, 1.54) is 5.38 Å². The molecule has 0 saturated carbocycles. The maximum absolute atomic E-state index is 13.7. The lowest BCUT2D eigenvalue weighted by atomic mass is 9.83. The van der Waals surface area contributed by atoms with Gasteiger partial charge in [0.1, 0.15) is 5.69 Å². The van der Waals surface area contributed by atoms with Crippen molar-refractivity contribution in [3.63, 3.8) is 0 Å². The van der Waals surface area contributed by atoms with Gasteiger partial charge in [-0.1, -0.05) is 26.8 Å². The molecule has 7 nitrogen and oxygen atoms in total. The van der Waals surface area contributed by atoms with Gasteiger partial charge in [-0.05, 0) is 24.5 Å². The number of likely N-dealkylation sites (tertiary alicyclic amines) is 1. The van der Waals surface area contributed by atoms with E-state index in [1.807, 2.05) is 6.07 Å². The summed E-state index contributed by atoms with van der Waals surface area (Å²) in [5, 5.41) is 5.66. The third-order valence-corrected chi connectivity index (χ3v) is 7.24. The average Bonchev–Trinajstić information content (AvgIpc) is 3.41. The van der Waals surface area contributed by atoms with E-state index >= 15 is 0 Å². The van der Waals surface area contributed by atoms with Gasteiger partial charge in [0.2, 0.25) is 5.13 Å². The quantitative estimate of drug-likeness (QED) is 0.542. The van der Waals surface area contributed by atoms with E-state index in [9.17, 15) is 22.8 Å². The molecule has 5 rings (SSSR count). The molecular formula is C23H24F3N5O2S. The summed E-state index contributed by atoms with van der Waals surface area (Å²) in [5.74, 6) is -0.132. The first-order chi connectivity index (χ1) is 15.9. The van der Waals surface area contributed by atoms with E-state index < -0.39 is 17.3 Å². The minimum absolute atomic E-state index is 0.000256. The fraction of sp³-hybridized carbons (Fsp3) is 0.478. The molecule has 2 aliphatic heterocycles. The van der Waals surface area contributed by atoms with Crippen molar-refractivity contribution < 1.29 is 18.0 Å². The number of amides is 1. The standard InChI is InChI=1S/C23H24F3N5O2S/c1-22(2,3)17-8-18(23(24,25)26)31(28-17)21-27-15(12-34-21)20(33)29-9-13-7-14(11-29)16-5-4-6-19(32)30(16)10-13/h4-6,8,12-14H,7,9-11H2,1-3H3/t13-,14-/m0/s1. The molecule has 34 heavy (non-hydrogen) atoms. The summed E-state index contributed by atoms with van der Waals surface area (Å²) in [4.78, 5) is 31.4. The molecule has 1 amide bonds. The number of thiazole rings is 1. The van der Waals surface area contributed by atoms with Gasteiger partial charge in [-0.25, -0.2) is 9.67 Å². The van der Waals surface area contributed by atoms with Gasteiger partial charge in [-0.3, -0.25) is 9.59 Å². The molecule has 1 fully saturated rings. The Morgan fingerprint density at radius 2 is 1.91 bits per heavy atom. The first kappa shape index (κ1) is 22.8. The van der Waals surface area contributed by atoms with Gasteiger partial charge in [0.25, 0.3) is 11.5 Å². The van der Waals surface area contributed by atoms with Crippen molar-refractivity contribution in [3.8, 4) is 5.13 Å². The average molecular weight is 492 g/mol. The molecule has 2 atom stereocenters. The van der Waals surface area contributed by atoms with Crippen molar-refractivity contribution in [1.29, 1.82) is 0 Å². The van der Waals surface area contributed by atoms with Crippen LogP contribution in [0.4, 0.5) is 13.2 Å². The second-order valence-corrected chi connectivity index (χ2v) is 10.8. The number of carbonyl (C=O) groups excluding carboxylic acids is 1. The van der Waals surface area contributed by atoms with Crippen LogP contribution in [-0.2, 0) is 18.1 Å². The van der Waals surface area contributed by atoms with E-state index in [-0.39, 0.29) is 34.1 Å². The van der Waals surface area contributed by atoms with Gasteiger partial charge in [0, 0.05) is 48.1 Å². The van der Waals surface area contributed by atoms with Crippen LogP contribution in [0, 0.1) is 5.92 Å². The number of halogens is 3. The number of aromatic nitrogens is 4. The molecule has 11 heteroatoms. The maximum Gasteiger partial charge on any atom is 0.433 e. The Kier molecular flexibility index (Phi) is 5.23. The highest BCUT2D eigenvalue weighted by Crippen LogP contribution is 2.37. The number of piperidine rings is 1. The molecule has 0 unspecified atom stereocenters. The van der Waals surface area contributed by atoms with Crippen molar-refractivity contribution in [2.24, 2.45) is 5.92 Å². The Balaban J connectivity index is 1.43. The summed E-state index contributed by atoms with van der Waals surface area (Å²) in [6.45, 7) is 6.83. The van der Waals surface area contributed by atoms with Crippen LogP contribution in [0.3, 0.4) is 0 Å². The lowest BCUT2D eigenvalue weighted by molar-refractivity contribution is -0.142. The maximum atomic E-state index is 13.7. The molecule has 3 aromatic heterocycles. The zero-order valence-electron chi connectivity index (χ0n) is 19.0. The largest absolute Gasteiger partial charge is 0.433 e. The molecular weight excluding hydrogens is 467 g/mol. The topological polar surface area (TPSA) is 73.0 Å². The van der Waals surface area contributed by atoms with Crippen LogP contribution in [0.15, 0.2) is 34.4 Å². The van der Waals surface area contributed by atoms with Crippen molar-refractivity contribution in [1.82, 2.24) is 24.2 Å². The molecule has 2 bridgehead atoms. The van der Waals surface area contributed by atoms with Crippen LogP contribution in [0.1, 0.15) is 60.7 Å². The van der Waals surface area contributed by atoms with Gasteiger partial charge in [0.05, 0.1) is 5.69 Å². The second-order valence-electron chi connectivity index (χ2n) is 10.00. The summed E-state index contributed by atoms with van der Waals surface area (Å²) in [6.07, 6.45) is -3.71. The molecule has 0 spiro atoms. The van der Waals surface area contributed by atoms with Crippen LogP contribution >= 0.6 is 11.3 Å². The Morgan fingerprint density at radius 3 is 2.62 bits per heavy atom. The monoisotopic (exact) mass is 491 g/mol. The molecule has 0 aliphatic carbocycles. The number of fused-ring (bicyclic) bond motifs is 4. The van der Waals surface area contributed by atoms with Crippen LogP contribution < -0.4 is 5.56 Å². The van der Waals surface area contributed by atoms with Crippen LogP contribution in [-0.4, -0.2) is 43.2 Å². The summed E-state index contributed by atoms with van der Waals surface area (Å²) >= 11 is 0.957. The number of hydrogen-bond donors (Lipinski definition) is 0. The molecule has 3 aromatic rings. The second kappa shape index (κ2) is 7.79. The predicted octanol–water partition coefficient (Wildman–Crippen LogP) is 4.07. The number of carbonyl (C=O) groups is 1. The lowest BCUT2D eigenvalue weighted by Crippen LogP contribution is -2.49. The fourth-order valence-corrected chi connectivity index (χ4v) is 5.54.